The van der Waals surface area contributed by atoms with Gasteiger partial charge in [-0.05, 0) is 49.8 Å². The number of carbonyl (C=O) groups excluding carboxylic acids is 2. The number of hydrogen-bond donors (Lipinski definition) is 2. The van der Waals surface area contributed by atoms with E-state index in [1.165, 1.54) is 0 Å². The third kappa shape index (κ3) is 6.50. The molecule has 0 aliphatic rings. The molecule has 7 heteroatoms. The average molecular weight is 399 g/mol. The smallest absolute Gasteiger partial charge is 0.242 e. The van der Waals surface area contributed by atoms with Crippen LogP contribution in [0.3, 0.4) is 0 Å². The van der Waals surface area contributed by atoms with Crippen LogP contribution < -0.4 is 20.1 Å². The van der Waals surface area contributed by atoms with E-state index in [4.69, 9.17) is 9.47 Å². The molecule has 2 amide bonds. The van der Waals surface area contributed by atoms with Gasteiger partial charge in [0.15, 0.2) is 0 Å². The maximum atomic E-state index is 12.6. The van der Waals surface area contributed by atoms with Crippen molar-refractivity contribution >= 4 is 11.8 Å². The Balaban J connectivity index is 1.84. The van der Waals surface area contributed by atoms with Crippen molar-refractivity contribution in [2.45, 2.75) is 12.5 Å². The van der Waals surface area contributed by atoms with E-state index < -0.39 is 6.04 Å². The van der Waals surface area contributed by atoms with Crippen LogP contribution in [0.25, 0.3) is 0 Å². The summed E-state index contributed by atoms with van der Waals surface area (Å²) in [6.45, 7) is 0.347. The van der Waals surface area contributed by atoms with Gasteiger partial charge in [-0.3, -0.25) is 14.5 Å². The van der Waals surface area contributed by atoms with Gasteiger partial charge >= 0.3 is 0 Å². The Morgan fingerprint density at radius 3 is 2.34 bits per heavy atom. The Bertz CT molecular complexity index is 809. The summed E-state index contributed by atoms with van der Waals surface area (Å²) in [7, 11) is 6.87. The molecule has 0 radical (unpaired) electrons. The molecule has 0 bridgehead atoms. The second-order valence-electron chi connectivity index (χ2n) is 6.77. The van der Waals surface area contributed by atoms with E-state index >= 15 is 0 Å². The van der Waals surface area contributed by atoms with Gasteiger partial charge in [0, 0.05) is 6.54 Å². The topological polar surface area (TPSA) is 79.9 Å². The fraction of sp³-hybridized carbons (Fsp3) is 0.364. The van der Waals surface area contributed by atoms with Gasteiger partial charge in [-0.25, -0.2) is 0 Å². The number of likely N-dealkylation sites (N-methyl/N-ethyl adjacent to an activating group) is 1. The lowest BCUT2D eigenvalue weighted by atomic mass is 10.1. The number of hydrogen-bond acceptors (Lipinski definition) is 5. The predicted molar refractivity (Wildman–Crippen MR) is 112 cm³/mol. The van der Waals surface area contributed by atoms with Gasteiger partial charge in [-0.15, -0.1) is 0 Å². The molecule has 0 aliphatic heterocycles. The zero-order valence-electron chi connectivity index (χ0n) is 17.4. The van der Waals surface area contributed by atoms with E-state index in [-0.39, 0.29) is 18.4 Å². The molecular weight excluding hydrogens is 370 g/mol. The van der Waals surface area contributed by atoms with Crippen LogP contribution in [0.15, 0.2) is 48.5 Å². The summed E-state index contributed by atoms with van der Waals surface area (Å²) in [5.41, 5.74) is 1.81. The van der Waals surface area contributed by atoms with Crippen molar-refractivity contribution in [2.24, 2.45) is 0 Å². The van der Waals surface area contributed by atoms with Crippen molar-refractivity contribution in [2.75, 3.05) is 41.4 Å². The number of nitrogens with zero attached hydrogens (tertiary/aromatic N) is 1. The van der Waals surface area contributed by atoms with E-state index in [0.29, 0.717) is 13.0 Å². The highest BCUT2D eigenvalue weighted by Gasteiger charge is 2.22. The van der Waals surface area contributed by atoms with E-state index in [1.807, 2.05) is 67.5 Å². The zero-order chi connectivity index (χ0) is 21.2. The molecule has 156 valence electrons. The number of benzene rings is 2. The highest BCUT2D eigenvalue weighted by Crippen LogP contribution is 2.24. The minimum absolute atomic E-state index is 0.0781. The number of nitrogens with one attached hydrogen (secondary N) is 2. The molecule has 0 aliphatic carbocycles. The summed E-state index contributed by atoms with van der Waals surface area (Å²) in [6, 6.07) is 14.6. The number of amides is 2. The second kappa shape index (κ2) is 11.1. The van der Waals surface area contributed by atoms with Crippen LogP contribution in [-0.2, 0) is 16.0 Å². The summed E-state index contributed by atoms with van der Waals surface area (Å²) in [4.78, 5) is 26.5. The zero-order valence-corrected chi connectivity index (χ0v) is 17.4. The van der Waals surface area contributed by atoms with Crippen molar-refractivity contribution in [3.8, 4) is 11.5 Å². The van der Waals surface area contributed by atoms with Crippen LogP contribution in [0.5, 0.6) is 11.5 Å². The molecule has 0 fully saturated rings. The molecule has 0 saturated carbocycles. The molecule has 1 unspecified atom stereocenters. The quantitative estimate of drug-likeness (QED) is 0.637. The number of carbonyl (C=O) groups is 2. The molecule has 2 aromatic carbocycles. The summed E-state index contributed by atoms with van der Waals surface area (Å²) >= 11 is 0. The Morgan fingerprint density at radius 1 is 1.00 bits per heavy atom. The molecule has 7 nitrogen and oxygen atoms in total. The lowest BCUT2D eigenvalue weighted by Gasteiger charge is -2.23. The van der Waals surface area contributed by atoms with Gasteiger partial charge in [-0.2, -0.15) is 0 Å². The summed E-state index contributed by atoms with van der Waals surface area (Å²) in [5.74, 6) is 1.01. The first-order chi connectivity index (χ1) is 14.0. The molecule has 0 spiro atoms. The van der Waals surface area contributed by atoms with Crippen molar-refractivity contribution in [1.82, 2.24) is 15.5 Å². The molecule has 29 heavy (non-hydrogen) atoms. The molecule has 0 heterocycles. The minimum atomic E-state index is -0.454. The normalized spacial score (nSPS) is 11.6. The minimum Gasteiger partial charge on any atom is -0.497 e. The summed E-state index contributed by atoms with van der Waals surface area (Å²) in [5, 5.41) is 5.53. The average Bonchev–Trinajstić information content (AvgIpc) is 2.72. The molecule has 2 rings (SSSR count). The largest absolute Gasteiger partial charge is 0.497 e. The Hall–Kier alpha value is -3.06. The Labute approximate surface area is 172 Å². The fourth-order valence-corrected chi connectivity index (χ4v) is 3.06. The van der Waals surface area contributed by atoms with E-state index in [9.17, 15) is 9.59 Å². The standard InChI is InChI=1S/C22H29N3O4/c1-25(2)21(16-8-6-5-7-9-16)22(27)24-15-20(26)23-13-12-17-14-18(28-3)10-11-19(17)29-4/h5-11,14,21H,12-13,15H2,1-4H3,(H,23,26)(H,24,27). The second-order valence-corrected chi connectivity index (χ2v) is 6.77. The first-order valence-corrected chi connectivity index (χ1v) is 9.43. The van der Waals surface area contributed by atoms with Crippen LogP contribution in [0.4, 0.5) is 0 Å². The van der Waals surface area contributed by atoms with Crippen LogP contribution >= 0.6 is 0 Å². The molecule has 0 aromatic heterocycles. The van der Waals surface area contributed by atoms with Crippen molar-refractivity contribution in [3.63, 3.8) is 0 Å². The van der Waals surface area contributed by atoms with Gasteiger partial charge < -0.3 is 20.1 Å². The van der Waals surface area contributed by atoms with Crippen LogP contribution in [0.2, 0.25) is 0 Å². The maximum absolute atomic E-state index is 12.6. The SMILES string of the molecule is COc1ccc(OC)c(CCNC(=O)CNC(=O)C(c2ccccc2)N(C)C)c1. The van der Waals surface area contributed by atoms with Gasteiger partial charge in [0.1, 0.15) is 17.5 Å². The molecule has 2 aromatic rings. The first-order valence-electron chi connectivity index (χ1n) is 9.43. The molecule has 1 atom stereocenters. The summed E-state index contributed by atoms with van der Waals surface area (Å²) < 4.78 is 10.6. The third-order valence-corrected chi connectivity index (χ3v) is 4.51. The van der Waals surface area contributed by atoms with Crippen LogP contribution in [-0.4, -0.2) is 58.1 Å². The van der Waals surface area contributed by atoms with Gasteiger partial charge in [0.25, 0.3) is 0 Å². The highest BCUT2D eigenvalue weighted by molar-refractivity contribution is 5.88. The van der Waals surface area contributed by atoms with Crippen LogP contribution in [0, 0.1) is 0 Å². The van der Waals surface area contributed by atoms with Crippen molar-refractivity contribution in [3.05, 3.63) is 59.7 Å². The van der Waals surface area contributed by atoms with E-state index in [2.05, 4.69) is 10.6 Å². The lowest BCUT2D eigenvalue weighted by Crippen LogP contribution is -2.42. The fourth-order valence-electron chi connectivity index (χ4n) is 3.06. The van der Waals surface area contributed by atoms with Crippen LogP contribution in [0.1, 0.15) is 17.2 Å². The third-order valence-electron chi connectivity index (χ3n) is 4.51. The number of methoxy groups -OCH3 is 2. The van der Waals surface area contributed by atoms with Crippen molar-refractivity contribution in [1.29, 1.82) is 0 Å². The summed E-state index contributed by atoms with van der Waals surface area (Å²) in [6.07, 6.45) is 0.588. The molecule has 0 saturated heterocycles. The Kier molecular flexibility index (Phi) is 8.48. The highest BCUT2D eigenvalue weighted by atomic mass is 16.5. The van der Waals surface area contributed by atoms with Gasteiger partial charge in [0.2, 0.25) is 11.8 Å². The Morgan fingerprint density at radius 2 is 1.72 bits per heavy atom. The van der Waals surface area contributed by atoms with E-state index in [1.54, 1.807) is 14.2 Å². The van der Waals surface area contributed by atoms with Gasteiger partial charge in [-0.1, -0.05) is 30.3 Å². The maximum Gasteiger partial charge on any atom is 0.242 e. The predicted octanol–water partition coefficient (Wildman–Crippen LogP) is 1.78. The monoisotopic (exact) mass is 399 g/mol. The number of ether oxygens (including phenoxy) is 2. The first kappa shape index (κ1) is 22.2. The lowest BCUT2D eigenvalue weighted by molar-refractivity contribution is -0.129. The van der Waals surface area contributed by atoms with Gasteiger partial charge in [0.05, 0.1) is 20.8 Å². The molecule has 2 N–H and O–H groups in total. The van der Waals surface area contributed by atoms with Crippen molar-refractivity contribution < 1.29 is 19.1 Å². The number of rotatable bonds is 10. The van der Waals surface area contributed by atoms with E-state index in [0.717, 1.165) is 22.6 Å². The molecular formula is C22H29N3O4.